The van der Waals surface area contributed by atoms with Crippen molar-refractivity contribution in [1.29, 1.82) is 0 Å². The molecule has 0 radical (unpaired) electrons. The second-order valence-electron chi connectivity index (χ2n) is 9.85. The number of hydrogen-bond donors (Lipinski definition) is 2. The quantitative estimate of drug-likeness (QED) is 0.358. The first kappa shape index (κ1) is 30.5. The van der Waals surface area contributed by atoms with Crippen molar-refractivity contribution in [2.75, 3.05) is 26.8 Å². The Hall–Kier alpha value is -2.07. The van der Waals surface area contributed by atoms with Gasteiger partial charge in [0.1, 0.15) is 11.5 Å². The van der Waals surface area contributed by atoms with Crippen LogP contribution in [-0.2, 0) is 10.7 Å². The van der Waals surface area contributed by atoms with Gasteiger partial charge in [-0.05, 0) is 79.9 Å². The Morgan fingerprint density at radius 1 is 1.08 bits per heavy atom. The van der Waals surface area contributed by atoms with Crippen molar-refractivity contribution in [1.82, 2.24) is 4.90 Å². The second kappa shape index (κ2) is 14.9. The number of amides is 1. The van der Waals surface area contributed by atoms with Gasteiger partial charge in [0.05, 0.1) is 25.2 Å². The average Bonchev–Trinajstić information content (AvgIpc) is 2.93. The standard InChI is InChI=1S/C15H19ClF2N2O2.C13H19NOS/c1-22-13-8-10(2-3-12(13)16)15(17,18)9-14(21)20-6-4-11(19)5-7-20;14-16-13-8-6-12(7-9-13)15-10-11-4-2-1-3-5-11/h2-3,8,11H,4-7,9,19H2,1H3;6-9,11H,1-5,10,14H2. The van der Waals surface area contributed by atoms with E-state index in [0.29, 0.717) is 25.9 Å². The van der Waals surface area contributed by atoms with Crippen molar-refractivity contribution in [3.05, 3.63) is 53.1 Å². The summed E-state index contributed by atoms with van der Waals surface area (Å²) in [4.78, 5) is 14.6. The number of alkyl halides is 2. The molecule has 2 aliphatic rings. The van der Waals surface area contributed by atoms with E-state index in [-0.39, 0.29) is 22.4 Å². The first-order valence-electron chi connectivity index (χ1n) is 13.1. The van der Waals surface area contributed by atoms with Crippen molar-refractivity contribution in [2.45, 2.75) is 68.2 Å². The molecule has 1 saturated carbocycles. The zero-order valence-electron chi connectivity index (χ0n) is 21.8. The normalized spacial score (nSPS) is 16.9. The molecule has 6 nitrogen and oxygen atoms in total. The number of nitrogens with two attached hydrogens (primary N) is 2. The van der Waals surface area contributed by atoms with Crippen LogP contribution in [0.4, 0.5) is 8.78 Å². The Kier molecular flexibility index (Phi) is 12.0. The van der Waals surface area contributed by atoms with Crippen LogP contribution < -0.4 is 20.3 Å². The Bertz CT molecular complexity index is 1010. The molecule has 4 rings (SSSR count). The lowest BCUT2D eigenvalue weighted by molar-refractivity contribution is -0.140. The van der Waals surface area contributed by atoms with Crippen LogP contribution in [-0.4, -0.2) is 43.7 Å². The van der Waals surface area contributed by atoms with E-state index in [1.54, 1.807) is 0 Å². The van der Waals surface area contributed by atoms with E-state index in [0.717, 1.165) is 23.2 Å². The predicted octanol–water partition coefficient (Wildman–Crippen LogP) is 6.39. The molecule has 2 fully saturated rings. The van der Waals surface area contributed by atoms with Gasteiger partial charge in [0, 0.05) is 29.6 Å². The summed E-state index contributed by atoms with van der Waals surface area (Å²) >= 11 is 7.10. The average molecular weight is 570 g/mol. The Balaban J connectivity index is 0.000000221. The van der Waals surface area contributed by atoms with Gasteiger partial charge < -0.3 is 20.1 Å². The van der Waals surface area contributed by atoms with Crippen LogP contribution in [0.15, 0.2) is 47.4 Å². The van der Waals surface area contributed by atoms with Crippen LogP contribution in [0.2, 0.25) is 5.02 Å². The summed E-state index contributed by atoms with van der Waals surface area (Å²) in [6.45, 7) is 1.73. The van der Waals surface area contributed by atoms with E-state index in [2.05, 4.69) is 0 Å². The minimum Gasteiger partial charge on any atom is -0.495 e. The zero-order valence-corrected chi connectivity index (χ0v) is 23.4. The molecule has 2 aromatic rings. The number of carbonyl (C=O) groups excluding carboxylic acids is 1. The molecule has 0 aromatic heterocycles. The molecule has 0 atom stereocenters. The summed E-state index contributed by atoms with van der Waals surface area (Å²) in [7, 11) is 1.35. The van der Waals surface area contributed by atoms with E-state index < -0.39 is 18.3 Å². The highest BCUT2D eigenvalue weighted by molar-refractivity contribution is 7.97. The third kappa shape index (κ3) is 9.29. The fourth-order valence-corrected chi connectivity index (χ4v) is 5.11. The molecule has 1 aliphatic carbocycles. The monoisotopic (exact) mass is 569 g/mol. The molecule has 1 aliphatic heterocycles. The van der Waals surface area contributed by atoms with Crippen molar-refractivity contribution >= 4 is 29.5 Å². The van der Waals surface area contributed by atoms with E-state index in [9.17, 15) is 13.6 Å². The maximum absolute atomic E-state index is 14.3. The van der Waals surface area contributed by atoms with Crippen LogP contribution in [0.25, 0.3) is 0 Å². The molecule has 1 amide bonds. The van der Waals surface area contributed by atoms with Gasteiger partial charge in [-0.3, -0.25) is 9.93 Å². The lowest BCUT2D eigenvalue weighted by Crippen LogP contribution is -2.44. The van der Waals surface area contributed by atoms with Crippen molar-refractivity contribution in [3.63, 3.8) is 0 Å². The third-order valence-corrected chi connectivity index (χ3v) is 7.87. The van der Waals surface area contributed by atoms with Gasteiger partial charge in [0.15, 0.2) is 0 Å². The summed E-state index contributed by atoms with van der Waals surface area (Å²) in [5, 5.41) is 5.72. The molecule has 1 heterocycles. The van der Waals surface area contributed by atoms with Gasteiger partial charge in [0.2, 0.25) is 5.91 Å². The number of ether oxygens (including phenoxy) is 2. The number of halogens is 3. The van der Waals surface area contributed by atoms with Gasteiger partial charge in [0.25, 0.3) is 5.92 Å². The summed E-state index contributed by atoms with van der Waals surface area (Å²) in [6, 6.07) is 11.8. The Labute approximate surface area is 233 Å². The Morgan fingerprint density at radius 3 is 2.34 bits per heavy atom. The molecule has 0 bridgehead atoms. The van der Waals surface area contributed by atoms with Gasteiger partial charge >= 0.3 is 0 Å². The summed E-state index contributed by atoms with van der Waals surface area (Å²) < 4.78 is 39.4. The molecular weight excluding hydrogens is 532 g/mol. The van der Waals surface area contributed by atoms with Crippen LogP contribution in [0.1, 0.15) is 56.9 Å². The number of methoxy groups -OCH3 is 1. The largest absolute Gasteiger partial charge is 0.495 e. The minimum atomic E-state index is -3.27. The molecule has 2 aromatic carbocycles. The highest BCUT2D eigenvalue weighted by Gasteiger charge is 2.37. The van der Waals surface area contributed by atoms with Crippen LogP contribution >= 0.6 is 23.5 Å². The summed E-state index contributed by atoms with van der Waals surface area (Å²) in [5.74, 6) is -1.95. The van der Waals surface area contributed by atoms with Crippen LogP contribution in [0, 0.1) is 5.92 Å². The first-order valence-corrected chi connectivity index (χ1v) is 14.3. The summed E-state index contributed by atoms with van der Waals surface area (Å²) in [5.41, 5.74) is 5.47. The number of hydrogen-bond acceptors (Lipinski definition) is 6. The molecule has 0 unspecified atom stereocenters. The molecule has 10 heteroatoms. The van der Waals surface area contributed by atoms with E-state index in [4.69, 9.17) is 31.9 Å². The highest BCUT2D eigenvalue weighted by atomic mass is 35.5. The van der Waals surface area contributed by atoms with E-state index in [1.165, 1.54) is 74.3 Å². The minimum absolute atomic E-state index is 0.0464. The molecule has 1 saturated heterocycles. The lowest BCUT2D eigenvalue weighted by atomic mass is 9.90. The third-order valence-electron chi connectivity index (χ3n) is 7.01. The smallest absolute Gasteiger partial charge is 0.282 e. The molecule has 38 heavy (non-hydrogen) atoms. The zero-order chi connectivity index (χ0) is 27.5. The van der Waals surface area contributed by atoms with Crippen molar-refractivity contribution in [2.24, 2.45) is 16.8 Å². The maximum atomic E-state index is 14.3. The van der Waals surface area contributed by atoms with Crippen LogP contribution in [0.5, 0.6) is 11.5 Å². The van der Waals surface area contributed by atoms with Crippen molar-refractivity contribution in [3.8, 4) is 11.5 Å². The van der Waals surface area contributed by atoms with Gasteiger partial charge in [-0.25, -0.2) is 8.78 Å². The van der Waals surface area contributed by atoms with E-state index >= 15 is 0 Å². The fraction of sp³-hybridized carbons (Fsp3) is 0.536. The van der Waals surface area contributed by atoms with Gasteiger partial charge in [-0.2, -0.15) is 0 Å². The maximum Gasteiger partial charge on any atom is 0.282 e. The van der Waals surface area contributed by atoms with E-state index in [1.807, 2.05) is 24.3 Å². The van der Waals surface area contributed by atoms with Crippen LogP contribution in [0.3, 0.4) is 0 Å². The SMILES string of the molecule is COc1cc(C(F)(F)CC(=O)N2CCC(N)CC2)ccc1Cl.NSc1ccc(OCC2CCCCC2)cc1. The Morgan fingerprint density at radius 2 is 1.74 bits per heavy atom. The molecule has 210 valence electrons. The lowest BCUT2D eigenvalue weighted by Gasteiger charge is -2.31. The molecular formula is C28H38ClF2N3O3S. The first-order chi connectivity index (χ1) is 18.2. The van der Waals surface area contributed by atoms with Crippen molar-refractivity contribution < 1.29 is 23.0 Å². The number of nitrogens with zero attached hydrogens (tertiary/aromatic N) is 1. The topological polar surface area (TPSA) is 90.8 Å². The molecule has 0 spiro atoms. The number of benzene rings is 2. The number of likely N-dealkylation sites (tertiary alicyclic amines) is 1. The second-order valence-corrected chi connectivity index (χ2v) is 11.0. The molecule has 4 N–H and O–H groups in total. The summed E-state index contributed by atoms with van der Waals surface area (Å²) in [6.07, 6.45) is 7.23. The highest BCUT2D eigenvalue weighted by Crippen LogP contribution is 2.37. The number of piperidine rings is 1. The van der Waals surface area contributed by atoms with Gasteiger partial charge in [-0.15, -0.1) is 0 Å². The number of rotatable bonds is 8. The number of carbonyl (C=O) groups is 1. The van der Waals surface area contributed by atoms with Gasteiger partial charge in [-0.1, -0.05) is 36.9 Å². The fourth-order valence-electron chi connectivity index (χ4n) is 4.62. The predicted molar refractivity (Wildman–Crippen MR) is 149 cm³/mol.